The average Bonchev–Trinajstić information content (AvgIpc) is 3.63. The lowest BCUT2D eigenvalue weighted by Crippen LogP contribution is -2.30. The van der Waals surface area contributed by atoms with E-state index in [1.165, 1.54) is 135 Å². The van der Waals surface area contributed by atoms with Crippen molar-refractivity contribution in [1.82, 2.24) is 0 Å². The van der Waals surface area contributed by atoms with Gasteiger partial charge in [-0.1, -0.05) is 292 Å². The lowest BCUT2D eigenvalue weighted by Gasteiger charge is -2.21. The maximum Gasteiger partial charge on any atom is 0.472 e. The number of carbonyl (C=O) groups excluding carboxylic acids is 3. The van der Waals surface area contributed by atoms with E-state index in [4.69, 9.17) is 32.3 Å². The Kier molecular flexibility index (Phi) is 66.2. The monoisotopic (exact) mass is 1350 g/mol. The summed E-state index contributed by atoms with van der Waals surface area (Å²) in [5.74, 6) is -1.57. The van der Waals surface area contributed by atoms with Crippen LogP contribution in [0.3, 0.4) is 0 Å². The van der Waals surface area contributed by atoms with Gasteiger partial charge in [0.2, 0.25) is 0 Å². The predicted octanol–water partition coefficient (Wildman–Crippen LogP) is 20.9. The van der Waals surface area contributed by atoms with Crippen molar-refractivity contribution >= 4 is 33.6 Å². The molecule has 0 spiro atoms. The van der Waals surface area contributed by atoms with Crippen LogP contribution in [0.2, 0.25) is 0 Å². The fourth-order valence-electron chi connectivity index (χ4n) is 9.97. The van der Waals surface area contributed by atoms with E-state index in [0.717, 1.165) is 122 Å². The number of phosphoric acid groups is 2. The van der Waals surface area contributed by atoms with Crippen molar-refractivity contribution in [1.29, 1.82) is 0 Å². The molecule has 0 aliphatic carbocycles. The summed E-state index contributed by atoms with van der Waals surface area (Å²) in [6.45, 7) is 2.52. The first kappa shape index (κ1) is 89.7. The topological polar surface area (TPSA) is 231 Å². The van der Waals surface area contributed by atoms with Gasteiger partial charge in [-0.3, -0.25) is 32.5 Å². The minimum Gasteiger partial charge on any atom is -0.463 e. The van der Waals surface area contributed by atoms with Crippen molar-refractivity contribution in [3.05, 3.63) is 85.1 Å². The van der Waals surface area contributed by atoms with Gasteiger partial charge < -0.3 is 34.2 Å². The van der Waals surface area contributed by atoms with Crippen LogP contribution < -0.4 is 0 Å². The molecule has 0 saturated carbocycles. The zero-order chi connectivity index (χ0) is 68.1. The number of ether oxygens (including phenoxy) is 3. The van der Waals surface area contributed by atoms with E-state index in [9.17, 15) is 43.5 Å². The van der Waals surface area contributed by atoms with Crippen LogP contribution in [0.4, 0.5) is 0 Å². The highest BCUT2D eigenvalue weighted by Crippen LogP contribution is 2.45. The largest absolute Gasteiger partial charge is 0.472 e. The number of allylic oxidation sites excluding steroid dienone is 14. The summed E-state index contributed by atoms with van der Waals surface area (Å²) in [4.78, 5) is 58.2. The van der Waals surface area contributed by atoms with Crippen LogP contribution in [-0.2, 0) is 55.8 Å². The number of esters is 3. The van der Waals surface area contributed by atoms with Crippen LogP contribution in [0.15, 0.2) is 85.1 Å². The maximum atomic E-state index is 12.8. The van der Waals surface area contributed by atoms with Gasteiger partial charge in [0.25, 0.3) is 0 Å². The minimum atomic E-state index is -4.91. The number of hydrogen-bond donors (Lipinski definition) is 4. The molecule has 0 aromatic carbocycles. The molecule has 0 radical (unpaired) electrons. The summed E-state index contributed by atoms with van der Waals surface area (Å²) in [7, 11) is -9.76. The Hall–Kier alpha value is -3.27. The quantitative estimate of drug-likeness (QED) is 0.0146. The van der Waals surface area contributed by atoms with E-state index >= 15 is 0 Å². The number of rotatable bonds is 70. The van der Waals surface area contributed by atoms with Crippen molar-refractivity contribution in [3.8, 4) is 0 Å². The molecular formula is C75H134O16P2. The zero-order valence-corrected chi connectivity index (χ0v) is 60.5. The first-order valence-electron chi connectivity index (χ1n) is 36.9. The first-order chi connectivity index (χ1) is 45.2. The van der Waals surface area contributed by atoms with Crippen molar-refractivity contribution in [2.75, 3.05) is 39.6 Å². The fraction of sp³-hybridized carbons (Fsp3) is 0.773. The molecule has 5 unspecified atom stereocenters. The zero-order valence-electron chi connectivity index (χ0n) is 58.7. The first-order valence-corrected chi connectivity index (χ1v) is 39.9. The molecule has 0 aromatic heterocycles. The van der Waals surface area contributed by atoms with Crippen LogP contribution in [0.1, 0.15) is 316 Å². The maximum absolute atomic E-state index is 12.8. The molecule has 0 aliphatic heterocycles. The third-order valence-corrected chi connectivity index (χ3v) is 17.5. The molecule has 18 heteroatoms. The van der Waals surface area contributed by atoms with Crippen LogP contribution >= 0.6 is 15.6 Å². The fourth-order valence-corrected chi connectivity index (χ4v) is 11.6. The van der Waals surface area contributed by atoms with Gasteiger partial charge in [0.05, 0.1) is 26.4 Å². The van der Waals surface area contributed by atoms with Crippen molar-refractivity contribution in [2.24, 2.45) is 0 Å². The number of unbranched alkanes of at least 4 members (excludes halogenated alkanes) is 33. The predicted molar refractivity (Wildman–Crippen MR) is 381 cm³/mol. The summed E-state index contributed by atoms with van der Waals surface area (Å²) < 4.78 is 60.8. The summed E-state index contributed by atoms with van der Waals surface area (Å²) in [6, 6.07) is 0. The van der Waals surface area contributed by atoms with Crippen LogP contribution in [-0.4, -0.2) is 95.9 Å². The number of phosphoric ester groups is 2. The van der Waals surface area contributed by atoms with E-state index < -0.39 is 91.5 Å². The Balaban J connectivity index is 4.23. The van der Waals surface area contributed by atoms with Crippen molar-refractivity contribution in [3.63, 3.8) is 0 Å². The summed E-state index contributed by atoms with van der Waals surface area (Å²) in [6.07, 6.45) is 75.4. The second kappa shape index (κ2) is 68.7. The molecule has 93 heavy (non-hydrogen) atoms. The molecule has 0 saturated heterocycles. The Morgan fingerprint density at radius 2 is 0.581 bits per heavy atom. The highest BCUT2D eigenvalue weighted by atomic mass is 31.2. The van der Waals surface area contributed by atoms with E-state index in [1.807, 2.05) is 0 Å². The Bertz CT molecular complexity index is 2040. The molecule has 0 amide bonds. The lowest BCUT2D eigenvalue weighted by atomic mass is 10.0. The van der Waals surface area contributed by atoms with Gasteiger partial charge in [0.15, 0.2) is 6.10 Å². The van der Waals surface area contributed by atoms with E-state index in [1.54, 1.807) is 0 Å². The molecular weight excluding hydrogens is 1220 g/mol. The van der Waals surface area contributed by atoms with Crippen molar-refractivity contribution in [2.45, 2.75) is 334 Å². The van der Waals surface area contributed by atoms with Gasteiger partial charge in [-0.25, -0.2) is 9.13 Å². The van der Waals surface area contributed by atoms with E-state index in [0.29, 0.717) is 19.3 Å². The number of carbonyl (C=O) groups is 3. The second-order valence-corrected chi connectivity index (χ2v) is 27.6. The standard InChI is InChI=1S/C75H134O16P2/c1-4-7-10-13-16-19-22-23-24-25-26-27-28-29-30-31-32-33-34-35-36-37-38-39-40-41-42-43-44-45-48-50-52-55-58-61-73(78)85-64-70(76)65-87-92(81,82)88-66-71(77)67-89-93(83,84)90-69-72(91-75(80)63-60-57-54-51-47-21-18-15-12-9-6-3)68-86-74(79)62-59-56-53-49-46-20-17-14-11-8-5-2/h7,10,14,16-17,19,23-24,26-27,29-30,32-33,70-72,76-77H,4-6,8-9,11-13,15,18,20-22,25,28,31,34-69H2,1-3H3,(H,81,82)(H,83,84)/b10-7-,17-14-,19-16-,24-23-,27-26-,30-29-,33-32-. The van der Waals surface area contributed by atoms with Gasteiger partial charge in [0, 0.05) is 19.3 Å². The van der Waals surface area contributed by atoms with E-state index in [-0.39, 0.29) is 19.3 Å². The van der Waals surface area contributed by atoms with Gasteiger partial charge >= 0.3 is 33.6 Å². The Morgan fingerprint density at radius 3 is 0.946 bits per heavy atom. The van der Waals surface area contributed by atoms with Gasteiger partial charge in [-0.05, 0) is 89.9 Å². The molecule has 4 N–H and O–H groups in total. The minimum absolute atomic E-state index is 0.108. The molecule has 5 atom stereocenters. The summed E-state index contributed by atoms with van der Waals surface area (Å²) in [5, 5.41) is 20.5. The Labute approximate surface area is 565 Å². The highest BCUT2D eigenvalue weighted by molar-refractivity contribution is 7.47. The molecule has 0 heterocycles. The van der Waals surface area contributed by atoms with Crippen molar-refractivity contribution < 1.29 is 75.8 Å². The molecule has 0 rings (SSSR count). The third-order valence-electron chi connectivity index (χ3n) is 15.6. The molecule has 16 nitrogen and oxygen atoms in total. The average molecular weight is 1350 g/mol. The van der Waals surface area contributed by atoms with Crippen LogP contribution in [0.25, 0.3) is 0 Å². The summed E-state index contributed by atoms with van der Waals surface area (Å²) in [5.41, 5.74) is 0. The normalized spacial score (nSPS) is 14.6. The molecule has 540 valence electrons. The van der Waals surface area contributed by atoms with E-state index in [2.05, 4.69) is 106 Å². The number of aliphatic hydroxyl groups excluding tert-OH is 2. The number of aliphatic hydroxyl groups is 2. The van der Waals surface area contributed by atoms with Gasteiger partial charge in [0.1, 0.15) is 25.4 Å². The third kappa shape index (κ3) is 69.9. The smallest absolute Gasteiger partial charge is 0.463 e. The SMILES string of the molecule is CC/C=C\C/C=C\C/C=C\C/C=C\C/C=C\C/C=C\CCCCCCCCCCCCCCCCCCC(=O)OCC(O)COP(=O)(O)OCC(O)COP(=O)(O)OCC(COC(=O)CCCCCCC/C=C\CCCC)OC(=O)CCCCCCCCCCCCC. The summed E-state index contributed by atoms with van der Waals surface area (Å²) >= 11 is 0. The number of hydrogen-bond acceptors (Lipinski definition) is 14. The molecule has 0 aliphatic rings. The van der Waals surface area contributed by atoms with Crippen LogP contribution in [0, 0.1) is 0 Å². The van der Waals surface area contributed by atoms with Gasteiger partial charge in [-0.2, -0.15) is 0 Å². The Morgan fingerprint density at radius 1 is 0.312 bits per heavy atom. The molecule has 0 aromatic rings. The lowest BCUT2D eigenvalue weighted by molar-refractivity contribution is -0.161. The molecule has 0 bridgehead atoms. The highest BCUT2D eigenvalue weighted by Gasteiger charge is 2.29. The van der Waals surface area contributed by atoms with Crippen LogP contribution in [0.5, 0.6) is 0 Å². The second-order valence-electron chi connectivity index (χ2n) is 24.7. The molecule has 0 fully saturated rings. The van der Waals surface area contributed by atoms with Gasteiger partial charge in [-0.15, -0.1) is 0 Å².